The summed E-state index contributed by atoms with van der Waals surface area (Å²) < 4.78 is 24.9. The summed E-state index contributed by atoms with van der Waals surface area (Å²) in [5.74, 6) is -0.00621. The van der Waals surface area contributed by atoms with Crippen molar-refractivity contribution in [3.05, 3.63) is 92.3 Å². The molecule has 0 saturated carbocycles. The van der Waals surface area contributed by atoms with Gasteiger partial charge in [0.15, 0.2) is 0 Å². The van der Waals surface area contributed by atoms with Gasteiger partial charge in [-0.3, -0.25) is 19.1 Å². The molecule has 0 radical (unpaired) electrons. The van der Waals surface area contributed by atoms with E-state index >= 15 is 0 Å². The van der Waals surface area contributed by atoms with E-state index in [-0.39, 0.29) is 25.3 Å². The number of ether oxygens (including phenoxy) is 4. The number of carbonyl (C=O) groups excluding carboxylic acids is 3. The third-order valence-electron chi connectivity index (χ3n) is 8.19. The summed E-state index contributed by atoms with van der Waals surface area (Å²) in [6, 6.07) is 13.6. The van der Waals surface area contributed by atoms with Crippen molar-refractivity contribution < 1.29 is 33.3 Å². The number of fused-ring (bicyclic) bond motifs is 2. The van der Waals surface area contributed by atoms with Crippen molar-refractivity contribution in [3.8, 4) is 11.5 Å². The minimum atomic E-state index is -1.02. The Kier molecular flexibility index (Phi) is 11.2. The number of benzene rings is 2. The molecule has 5 rings (SSSR count). The molecular weight excluding hydrogens is 652 g/mol. The van der Waals surface area contributed by atoms with Crippen LogP contribution >= 0.6 is 11.8 Å². The Morgan fingerprint density at radius 1 is 1.06 bits per heavy atom. The van der Waals surface area contributed by atoms with Crippen LogP contribution in [0.15, 0.2) is 64.3 Å². The first-order valence-electron chi connectivity index (χ1n) is 16.2. The molecule has 3 aromatic rings. The number of amides is 2. The second-order valence-corrected chi connectivity index (χ2v) is 13.8. The van der Waals surface area contributed by atoms with Gasteiger partial charge in [-0.25, -0.2) is 14.4 Å². The van der Waals surface area contributed by atoms with E-state index in [1.165, 1.54) is 22.5 Å². The molecule has 0 aliphatic carbocycles. The third kappa shape index (κ3) is 8.54. The van der Waals surface area contributed by atoms with Crippen LogP contribution < -0.4 is 26.6 Å². The zero-order valence-electron chi connectivity index (χ0n) is 28.1. The summed E-state index contributed by atoms with van der Waals surface area (Å²) in [6.45, 7) is 6.88. The Hall–Kier alpha value is -4.56. The fourth-order valence-corrected chi connectivity index (χ4v) is 6.30. The van der Waals surface area contributed by atoms with Crippen molar-refractivity contribution in [1.29, 1.82) is 0 Å². The van der Waals surface area contributed by atoms with Crippen LogP contribution in [0.25, 0.3) is 0 Å². The summed E-state index contributed by atoms with van der Waals surface area (Å²) in [4.78, 5) is 67.6. The van der Waals surface area contributed by atoms with Gasteiger partial charge in [-0.05, 0) is 57.8 Å². The van der Waals surface area contributed by atoms with E-state index in [4.69, 9.17) is 18.9 Å². The number of aromatic nitrogens is 2. The zero-order chi connectivity index (χ0) is 35.3. The molecule has 49 heavy (non-hydrogen) atoms. The maximum Gasteiger partial charge on any atom is 0.408 e. The Bertz CT molecular complexity index is 1750. The average molecular weight is 695 g/mol. The predicted molar refractivity (Wildman–Crippen MR) is 183 cm³/mol. The van der Waals surface area contributed by atoms with Crippen molar-refractivity contribution in [1.82, 2.24) is 20.2 Å². The molecule has 1 saturated heterocycles. The largest absolute Gasteiger partial charge is 0.458 e. The quantitative estimate of drug-likeness (QED) is 0.250. The highest BCUT2D eigenvalue weighted by Gasteiger charge is 2.42. The number of rotatable bonds is 11. The third-order valence-corrected chi connectivity index (χ3v) is 8.83. The number of aryl methyl sites for hydroxylation is 1. The molecule has 14 heteroatoms. The molecular formula is C35H42N4O9S. The van der Waals surface area contributed by atoms with Gasteiger partial charge >= 0.3 is 17.8 Å². The van der Waals surface area contributed by atoms with Crippen molar-refractivity contribution in [2.24, 2.45) is 0 Å². The number of hydrogen-bond acceptors (Lipinski definition) is 10. The van der Waals surface area contributed by atoms with Crippen molar-refractivity contribution in [3.63, 3.8) is 0 Å². The molecule has 2 amide bonds. The molecule has 0 bridgehead atoms. The van der Waals surface area contributed by atoms with Gasteiger partial charge in [0.1, 0.15) is 41.6 Å². The second kappa shape index (κ2) is 15.3. The zero-order valence-corrected chi connectivity index (χ0v) is 29.0. The lowest BCUT2D eigenvalue weighted by atomic mass is 9.87. The van der Waals surface area contributed by atoms with Crippen molar-refractivity contribution in [2.45, 2.75) is 83.0 Å². The molecule has 4 atom stereocenters. The van der Waals surface area contributed by atoms with Gasteiger partial charge in [-0.1, -0.05) is 43.3 Å². The van der Waals surface area contributed by atoms with E-state index in [0.29, 0.717) is 40.4 Å². The monoisotopic (exact) mass is 694 g/mol. The first kappa shape index (κ1) is 35.7. The molecule has 1 aromatic heterocycles. The normalized spacial score (nSPS) is 19.2. The molecule has 1 fully saturated rings. The molecule has 0 spiro atoms. The molecule has 3 N–H and O–H groups in total. The number of hydrogen-bond donors (Lipinski definition) is 3. The van der Waals surface area contributed by atoms with Crippen LogP contribution in [0.1, 0.15) is 69.4 Å². The van der Waals surface area contributed by atoms with Gasteiger partial charge < -0.3 is 29.6 Å². The van der Waals surface area contributed by atoms with E-state index < -0.39 is 59.3 Å². The minimum Gasteiger partial charge on any atom is -0.458 e. The number of carbonyl (C=O) groups is 3. The van der Waals surface area contributed by atoms with E-state index in [2.05, 4.69) is 15.6 Å². The van der Waals surface area contributed by atoms with Crippen molar-refractivity contribution >= 4 is 29.7 Å². The predicted octanol–water partition coefficient (Wildman–Crippen LogP) is 4.00. The summed E-state index contributed by atoms with van der Waals surface area (Å²) in [5, 5.41) is 5.59. The Balaban J connectivity index is 1.39. The maximum absolute atomic E-state index is 13.9. The topological polar surface area (TPSA) is 167 Å². The van der Waals surface area contributed by atoms with Gasteiger partial charge in [0.25, 0.3) is 5.56 Å². The van der Waals surface area contributed by atoms with Crippen LogP contribution in [0.2, 0.25) is 0 Å². The number of H-pyrrole nitrogens is 1. The molecule has 2 aromatic carbocycles. The lowest BCUT2D eigenvalue weighted by Crippen LogP contribution is -2.47. The van der Waals surface area contributed by atoms with Gasteiger partial charge in [0.05, 0.1) is 5.92 Å². The minimum absolute atomic E-state index is 0.0476. The van der Waals surface area contributed by atoms with Crippen LogP contribution in [-0.2, 0) is 30.2 Å². The SMILES string of the molecule is CCc1cn([C@H]2C[C@H](OC(=O)[C@H](CCSC)NC(=O)OC(C)(C)C)[C@@H](CNC(=O)C3c4ccccc4Oc4ccccc43)O2)c(=O)[nH]c1=O. The highest BCUT2D eigenvalue weighted by molar-refractivity contribution is 7.98. The number of para-hydroxylation sites is 2. The fourth-order valence-electron chi connectivity index (χ4n) is 5.83. The van der Waals surface area contributed by atoms with E-state index in [1.54, 1.807) is 39.8 Å². The Morgan fingerprint density at radius 2 is 1.71 bits per heavy atom. The summed E-state index contributed by atoms with van der Waals surface area (Å²) in [5.41, 5.74) is -0.172. The summed E-state index contributed by atoms with van der Waals surface area (Å²) >= 11 is 1.50. The summed E-state index contributed by atoms with van der Waals surface area (Å²) in [7, 11) is 0. The van der Waals surface area contributed by atoms with Gasteiger partial charge in [0.2, 0.25) is 5.91 Å². The Morgan fingerprint density at radius 3 is 2.33 bits per heavy atom. The van der Waals surface area contributed by atoms with Crippen LogP contribution in [-0.4, -0.2) is 69.9 Å². The number of thioether (sulfide) groups is 1. The van der Waals surface area contributed by atoms with Gasteiger partial charge in [-0.2, -0.15) is 11.8 Å². The van der Waals surface area contributed by atoms with Crippen LogP contribution in [0.5, 0.6) is 11.5 Å². The van der Waals surface area contributed by atoms with E-state index in [9.17, 15) is 24.0 Å². The molecule has 262 valence electrons. The molecule has 0 unspecified atom stereocenters. The lowest BCUT2D eigenvalue weighted by Gasteiger charge is -2.28. The van der Waals surface area contributed by atoms with E-state index in [0.717, 1.165) is 0 Å². The molecule has 2 aliphatic rings. The number of aromatic amines is 1. The Labute approximate surface area is 288 Å². The molecule has 3 heterocycles. The number of alkyl carbamates (subject to hydrolysis) is 1. The van der Waals surface area contributed by atoms with Crippen molar-refractivity contribution in [2.75, 3.05) is 18.6 Å². The molecule has 2 aliphatic heterocycles. The first-order chi connectivity index (χ1) is 23.4. The highest BCUT2D eigenvalue weighted by atomic mass is 32.2. The highest BCUT2D eigenvalue weighted by Crippen LogP contribution is 2.44. The second-order valence-electron chi connectivity index (χ2n) is 12.9. The van der Waals surface area contributed by atoms with Gasteiger partial charge in [-0.15, -0.1) is 0 Å². The number of nitrogens with one attached hydrogen (secondary N) is 3. The smallest absolute Gasteiger partial charge is 0.408 e. The lowest BCUT2D eigenvalue weighted by molar-refractivity contribution is -0.154. The maximum atomic E-state index is 13.9. The average Bonchev–Trinajstić information content (AvgIpc) is 3.45. The number of esters is 1. The van der Waals surface area contributed by atoms with Crippen LogP contribution in [0.4, 0.5) is 4.79 Å². The van der Waals surface area contributed by atoms with Gasteiger partial charge in [0, 0.05) is 35.9 Å². The van der Waals surface area contributed by atoms with Crippen LogP contribution in [0.3, 0.4) is 0 Å². The van der Waals surface area contributed by atoms with Crippen LogP contribution in [0, 0.1) is 0 Å². The standard InChI is InChI=1S/C35H42N4O9S/c1-6-20-19-39(33(43)38-30(20)40)28-17-26(47-32(42)23(15-16-49-5)37-34(44)48-35(2,3)4)27(46-28)18-36-31(41)29-21-11-7-9-13-24(21)45-25-14-10-8-12-22(25)29/h7-14,19,23,26-29H,6,15-18H2,1-5H3,(H,36,41)(H,37,44)(H,38,40,43)/t23-,26-,27+,28+/m0/s1. The molecule has 13 nitrogen and oxygen atoms in total. The number of nitrogens with zero attached hydrogens (tertiary/aromatic N) is 1. The first-order valence-corrected chi connectivity index (χ1v) is 17.6. The summed E-state index contributed by atoms with van der Waals surface area (Å²) in [6.07, 6.45) is 0.542. The fraction of sp³-hybridized carbons (Fsp3) is 0.457. The van der Waals surface area contributed by atoms with E-state index in [1.807, 2.05) is 42.7 Å².